The number of amides is 1. The standard InChI is InChI=1S/C23H27F3N4O/c1-3-30(4-2)13-7-12-27-21-11-10-16(14-19(21)23(24,25)26)28-15-18-17-8-5-6-9-20(17)29-22(18)31/h5-6,8-11,14-15,27-28H,3-4,7,12-13H2,1-2H3,(H,29,31)/b18-15-. The van der Waals surface area contributed by atoms with E-state index in [1.165, 1.54) is 12.3 Å². The number of benzene rings is 2. The topological polar surface area (TPSA) is 56.4 Å². The lowest BCUT2D eigenvalue weighted by Gasteiger charge is -2.19. The Kier molecular flexibility index (Phi) is 7.22. The van der Waals surface area contributed by atoms with Crippen LogP contribution in [-0.2, 0) is 11.0 Å². The molecule has 0 unspecified atom stereocenters. The molecule has 0 bridgehead atoms. The van der Waals surface area contributed by atoms with Crippen molar-refractivity contribution in [3.8, 4) is 0 Å². The Labute approximate surface area is 180 Å². The first-order valence-corrected chi connectivity index (χ1v) is 10.4. The second-order valence-electron chi connectivity index (χ2n) is 7.27. The van der Waals surface area contributed by atoms with E-state index in [2.05, 4.69) is 34.7 Å². The number of nitrogens with one attached hydrogen (secondary N) is 3. The molecule has 0 aliphatic carbocycles. The van der Waals surface area contributed by atoms with E-state index in [-0.39, 0.29) is 17.3 Å². The first-order chi connectivity index (χ1) is 14.8. The highest BCUT2D eigenvalue weighted by molar-refractivity contribution is 6.31. The summed E-state index contributed by atoms with van der Waals surface area (Å²) < 4.78 is 40.9. The van der Waals surface area contributed by atoms with Crippen LogP contribution in [0.1, 0.15) is 31.4 Å². The van der Waals surface area contributed by atoms with Crippen LogP contribution in [0.5, 0.6) is 0 Å². The van der Waals surface area contributed by atoms with Crippen LogP contribution in [0.15, 0.2) is 48.7 Å². The molecule has 0 spiro atoms. The van der Waals surface area contributed by atoms with Gasteiger partial charge in [0.2, 0.25) is 0 Å². The van der Waals surface area contributed by atoms with Gasteiger partial charge in [-0.25, -0.2) is 0 Å². The molecule has 2 aromatic carbocycles. The summed E-state index contributed by atoms with van der Waals surface area (Å²) in [4.78, 5) is 14.4. The maximum Gasteiger partial charge on any atom is 0.418 e. The maximum absolute atomic E-state index is 13.6. The van der Waals surface area contributed by atoms with Crippen LogP contribution in [0, 0.1) is 0 Å². The van der Waals surface area contributed by atoms with E-state index in [1.54, 1.807) is 30.3 Å². The third-order valence-corrected chi connectivity index (χ3v) is 5.28. The van der Waals surface area contributed by atoms with Gasteiger partial charge in [-0.2, -0.15) is 13.2 Å². The van der Waals surface area contributed by atoms with Gasteiger partial charge in [0.05, 0.1) is 11.1 Å². The van der Waals surface area contributed by atoms with Crippen LogP contribution in [0.2, 0.25) is 0 Å². The van der Waals surface area contributed by atoms with Crippen LogP contribution in [-0.4, -0.2) is 37.0 Å². The third-order valence-electron chi connectivity index (χ3n) is 5.28. The SMILES string of the molecule is CCN(CC)CCCNc1ccc(N/C=C2\C(=O)Nc3ccccc32)cc1C(F)(F)F. The second-order valence-corrected chi connectivity index (χ2v) is 7.27. The normalized spacial score (nSPS) is 14.6. The number of fused-ring (bicyclic) bond motifs is 1. The summed E-state index contributed by atoms with van der Waals surface area (Å²) in [5.74, 6) is -0.295. The van der Waals surface area contributed by atoms with Crippen molar-refractivity contribution in [2.75, 3.05) is 42.1 Å². The largest absolute Gasteiger partial charge is 0.418 e. The minimum Gasteiger partial charge on any atom is -0.385 e. The van der Waals surface area contributed by atoms with Crippen molar-refractivity contribution in [3.63, 3.8) is 0 Å². The molecule has 1 amide bonds. The number of carbonyl (C=O) groups excluding carboxylic acids is 1. The number of para-hydroxylation sites is 1. The zero-order valence-corrected chi connectivity index (χ0v) is 17.6. The molecule has 0 saturated carbocycles. The van der Waals surface area contributed by atoms with Gasteiger partial charge in [-0.15, -0.1) is 0 Å². The number of rotatable bonds is 9. The minimum absolute atomic E-state index is 0.0502. The van der Waals surface area contributed by atoms with Crippen molar-refractivity contribution in [1.29, 1.82) is 0 Å². The van der Waals surface area contributed by atoms with Crippen molar-refractivity contribution in [2.45, 2.75) is 26.4 Å². The minimum atomic E-state index is -4.50. The number of carbonyl (C=O) groups is 1. The molecule has 8 heteroatoms. The number of alkyl halides is 3. The Balaban J connectivity index is 1.72. The summed E-state index contributed by atoms with van der Waals surface area (Å²) in [5.41, 5.74) is 1.33. The molecule has 5 nitrogen and oxygen atoms in total. The van der Waals surface area contributed by atoms with Crippen molar-refractivity contribution in [3.05, 3.63) is 59.8 Å². The molecule has 166 valence electrons. The zero-order valence-electron chi connectivity index (χ0n) is 17.6. The number of hydrogen-bond acceptors (Lipinski definition) is 4. The van der Waals surface area contributed by atoms with Crippen molar-refractivity contribution < 1.29 is 18.0 Å². The monoisotopic (exact) mass is 432 g/mol. The number of anilines is 3. The maximum atomic E-state index is 13.6. The number of halogens is 3. The highest BCUT2D eigenvalue weighted by Crippen LogP contribution is 2.37. The van der Waals surface area contributed by atoms with Crippen molar-refractivity contribution in [1.82, 2.24) is 4.90 Å². The van der Waals surface area contributed by atoms with Crippen LogP contribution < -0.4 is 16.0 Å². The average molecular weight is 432 g/mol. The fourth-order valence-corrected chi connectivity index (χ4v) is 3.53. The van der Waals surface area contributed by atoms with Crippen molar-refractivity contribution in [2.24, 2.45) is 0 Å². The van der Waals surface area contributed by atoms with Crippen LogP contribution in [0.4, 0.5) is 30.2 Å². The van der Waals surface area contributed by atoms with Crippen LogP contribution >= 0.6 is 0 Å². The summed E-state index contributed by atoms with van der Waals surface area (Å²) in [5, 5.41) is 8.48. The highest BCUT2D eigenvalue weighted by Gasteiger charge is 2.34. The molecule has 0 atom stereocenters. The van der Waals surface area contributed by atoms with E-state index in [1.807, 2.05) is 0 Å². The van der Waals surface area contributed by atoms with Gasteiger partial charge in [-0.3, -0.25) is 4.79 Å². The van der Waals surface area contributed by atoms with Gasteiger partial charge in [0.25, 0.3) is 5.91 Å². The Bertz CT molecular complexity index is 952. The smallest absolute Gasteiger partial charge is 0.385 e. The van der Waals surface area contributed by atoms with E-state index in [9.17, 15) is 18.0 Å². The molecular weight excluding hydrogens is 405 g/mol. The summed E-state index contributed by atoms with van der Waals surface area (Å²) in [6, 6.07) is 11.2. The predicted octanol–water partition coefficient (Wildman–Crippen LogP) is 5.25. The summed E-state index contributed by atoms with van der Waals surface area (Å²) in [6.07, 6.45) is -2.31. The first kappa shape index (κ1) is 22.7. The molecule has 0 saturated heterocycles. The number of nitrogens with zero attached hydrogens (tertiary/aromatic N) is 1. The highest BCUT2D eigenvalue weighted by atomic mass is 19.4. The fourth-order valence-electron chi connectivity index (χ4n) is 3.53. The van der Waals surface area contributed by atoms with Crippen LogP contribution in [0.3, 0.4) is 0 Å². The third kappa shape index (κ3) is 5.58. The lowest BCUT2D eigenvalue weighted by atomic mass is 10.1. The Morgan fingerprint density at radius 2 is 1.84 bits per heavy atom. The van der Waals surface area contributed by atoms with Gasteiger partial charge in [0.1, 0.15) is 0 Å². The molecule has 2 aromatic rings. The molecule has 3 N–H and O–H groups in total. The quantitative estimate of drug-likeness (QED) is 0.374. The molecule has 0 radical (unpaired) electrons. The molecule has 1 heterocycles. The first-order valence-electron chi connectivity index (χ1n) is 10.4. The van der Waals surface area contributed by atoms with Gasteiger partial charge in [0.15, 0.2) is 0 Å². The second kappa shape index (κ2) is 9.87. The molecular formula is C23H27F3N4O. The number of hydrogen-bond donors (Lipinski definition) is 3. The van der Waals surface area contributed by atoms with E-state index in [0.29, 0.717) is 23.4 Å². The molecule has 0 fully saturated rings. The summed E-state index contributed by atoms with van der Waals surface area (Å²) in [7, 11) is 0. The summed E-state index contributed by atoms with van der Waals surface area (Å²) in [6.45, 7) is 7.25. The van der Waals surface area contributed by atoms with E-state index < -0.39 is 11.7 Å². The molecule has 0 aromatic heterocycles. The van der Waals surface area contributed by atoms with E-state index in [0.717, 1.165) is 32.1 Å². The van der Waals surface area contributed by atoms with Crippen LogP contribution in [0.25, 0.3) is 5.57 Å². The Morgan fingerprint density at radius 1 is 1.10 bits per heavy atom. The molecule has 1 aliphatic rings. The summed E-state index contributed by atoms with van der Waals surface area (Å²) >= 11 is 0. The molecule has 31 heavy (non-hydrogen) atoms. The van der Waals surface area contributed by atoms with E-state index in [4.69, 9.17) is 0 Å². The van der Waals surface area contributed by atoms with E-state index >= 15 is 0 Å². The van der Waals surface area contributed by atoms with Gasteiger partial charge in [0, 0.05) is 35.4 Å². The van der Waals surface area contributed by atoms with Crippen molar-refractivity contribution >= 4 is 28.5 Å². The van der Waals surface area contributed by atoms with Gasteiger partial charge >= 0.3 is 6.18 Å². The van der Waals surface area contributed by atoms with Gasteiger partial charge in [-0.05, 0) is 50.3 Å². The predicted molar refractivity (Wildman–Crippen MR) is 119 cm³/mol. The Morgan fingerprint density at radius 3 is 2.55 bits per heavy atom. The molecule has 1 aliphatic heterocycles. The lowest BCUT2D eigenvalue weighted by molar-refractivity contribution is -0.136. The fraction of sp³-hybridized carbons (Fsp3) is 0.348. The van der Waals surface area contributed by atoms with Gasteiger partial charge in [-0.1, -0.05) is 32.0 Å². The average Bonchev–Trinajstić information content (AvgIpc) is 3.07. The Hall–Kier alpha value is -3.00. The van der Waals surface area contributed by atoms with Gasteiger partial charge < -0.3 is 20.9 Å². The molecule has 3 rings (SSSR count). The zero-order chi connectivity index (χ0) is 22.4. The lowest BCUT2D eigenvalue weighted by Crippen LogP contribution is -2.25.